The largest absolute Gasteiger partial charge is 0.123 e. The van der Waals surface area contributed by atoms with Gasteiger partial charge >= 0.3 is 0 Å². The zero-order valence-corrected chi connectivity index (χ0v) is 9.32. The van der Waals surface area contributed by atoms with E-state index in [0.717, 1.165) is 5.92 Å². The first-order chi connectivity index (χ1) is 5.56. The summed E-state index contributed by atoms with van der Waals surface area (Å²) in [6.07, 6.45) is 6.44. The van der Waals surface area contributed by atoms with E-state index in [1.807, 2.05) is 0 Å². The zero-order chi connectivity index (χ0) is 9.19. The first kappa shape index (κ1) is 10.4. The predicted molar refractivity (Wildman–Crippen MR) is 55.7 cm³/mol. The molecule has 0 aromatic heterocycles. The Kier molecular flexibility index (Phi) is 3.46. The fourth-order valence-electron chi connectivity index (χ4n) is 2.12. The van der Waals surface area contributed by atoms with Gasteiger partial charge in [0.15, 0.2) is 0 Å². The van der Waals surface area contributed by atoms with Crippen LogP contribution in [-0.4, -0.2) is 5.38 Å². The minimum absolute atomic E-state index is 0.467. The molecule has 0 heterocycles. The summed E-state index contributed by atoms with van der Waals surface area (Å²) in [4.78, 5) is 0. The second kappa shape index (κ2) is 4.00. The lowest BCUT2D eigenvalue weighted by Gasteiger charge is -2.37. The number of rotatable bonds is 2. The van der Waals surface area contributed by atoms with E-state index in [2.05, 4.69) is 20.8 Å². The summed E-state index contributed by atoms with van der Waals surface area (Å²) in [5.74, 6) is 0.914. The molecule has 0 saturated heterocycles. The summed E-state index contributed by atoms with van der Waals surface area (Å²) in [6, 6.07) is 0. The highest BCUT2D eigenvalue weighted by atomic mass is 35.5. The Hall–Kier alpha value is 0.290. The maximum absolute atomic E-state index is 6.08. The fourth-order valence-corrected chi connectivity index (χ4v) is 2.37. The molecule has 1 fully saturated rings. The van der Waals surface area contributed by atoms with E-state index in [1.165, 1.54) is 32.1 Å². The minimum Gasteiger partial charge on any atom is -0.123 e. The minimum atomic E-state index is 0.467. The van der Waals surface area contributed by atoms with E-state index < -0.39 is 0 Å². The molecule has 1 rings (SSSR count). The SMILES string of the molecule is CCC(C)(C)C1CCC(Cl)CC1. The van der Waals surface area contributed by atoms with E-state index in [9.17, 15) is 0 Å². The molecule has 0 radical (unpaired) electrons. The molecule has 0 atom stereocenters. The molecule has 1 aliphatic carbocycles. The molecule has 72 valence electrons. The Bertz CT molecular complexity index is 132. The lowest BCUT2D eigenvalue weighted by molar-refractivity contribution is 0.154. The highest BCUT2D eigenvalue weighted by Crippen LogP contribution is 2.41. The van der Waals surface area contributed by atoms with Crippen molar-refractivity contribution < 1.29 is 0 Å². The van der Waals surface area contributed by atoms with Crippen LogP contribution in [0.3, 0.4) is 0 Å². The van der Waals surface area contributed by atoms with E-state index in [1.54, 1.807) is 0 Å². The number of hydrogen-bond acceptors (Lipinski definition) is 0. The Balaban J connectivity index is 2.44. The molecule has 1 heteroatoms. The fraction of sp³-hybridized carbons (Fsp3) is 1.00. The molecule has 0 aliphatic heterocycles. The molecule has 12 heavy (non-hydrogen) atoms. The van der Waals surface area contributed by atoms with Gasteiger partial charge in [0.25, 0.3) is 0 Å². The third-order valence-corrected chi connectivity index (χ3v) is 4.11. The standard InChI is InChI=1S/C11H21Cl/c1-4-11(2,3)9-5-7-10(12)8-6-9/h9-10H,4-8H2,1-3H3. The van der Waals surface area contributed by atoms with Crippen molar-refractivity contribution in [2.75, 3.05) is 0 Å². The van der Waals surface area contributed by atoms with E-state index in [0.29, 0.717) is 10.8 Å². The first-order valence-electron chi connectivity index (χ1n) is 5.20. The van der Waals surface area contributed by atoms with Gasteiger partial charge in [-0.05, 0) is 37.0 Å². The Morgan fingerprint density at radius 2 is 1.67 bits per heavy atom. The van der Waals surface area contributed by atoms with Crippen LogP contribution >= 0.6 is 11.6 Å². The van der Waals surface area contributed by atoms with Crippen LogP contribution in [0.25, 0.3) is 0 Å². The molecular weight excluding hydrogens is 168 g/mol. The van der Waals surface area contributed by atoms with Gasteiger partial charge in [0.1, 0.15) is 0 Å². The van der Waals surface area contributed by atoms with Crippen LogP contribution in [-0.2, 0) is 0 Å². The van der Waals surface area contributed by atoms with Crippen molar-refractivity contribution in [2.24, 2.45) is 11.3 Å². The molecule has 0 N–H and O–H groups in total. The topological polar surface area (TPSA) is 0 Å². The van der Waals surface area contributed by atoms with E-state index in [4.69, 9.17) is 11.6 Å². The summed E-state index contributed by atoms with van der Waals surface area (Å²) in [5, 5.41) is 0.467. The maximum Gasteiger partial charge on any atom is 0.0336 e. The normalized spacial score (nSPS) is 32.0. The van der Waals surface area contributed by atoms with Crippen molar-refractivity contribution in [3.05, 3.63) is 0 Å². The molecule has 1 saturated carbocycles. The molecular formula is C11H21Cl. The molecule has 0 aromatic rings. The Morgan fingerprint density at radius 3 is 2.08 bits per heavy atom. The van der Waals surface area contributed by atoms with Gasteiger partial charge in [-0.3, -0.25) is 0 Å². The van der Waals surface area contributed by atoms with Crippen molar-refractivity contribution in [1.82, 2.24) is 0 Å². The number of alkyl halides is 1. The van der Waals surface area contributed by atoms with Gasteiger partial charge in [-0.2, -0.15) is 0 Å². The van der Waals surface area contributed by atoms with Crippen molar-refractivity contribution in [2.45, 2.75) is 58.3 Å². The van der Waals surface area contributed by atoms with E-state index in [-0.39, 0.29) is 0 Å². The molecule has 0 bridgehead atoms. The van der Waals surface area contributed by atoms with Crippen LogP contribution in [0.1, 0.15) is 52.9 Å². The summed E-state index contributed by atoms with van der Waals surface area (Å²) in [7, 11) is 0. The van der Waals surface area contributed by atoms with Gasteiger partial charge in [-0.15, -0.1) is 11.6 Å². The molecule has 1 aliphatic rings. The third-order valence-electron chi connectivity index (χ3n) is 3.67. The monoisotopic (exact) mass is 188 g/mol. The van der Waals surface area contributed by atoms with Crippen LogP contribution in [0.5, 0.6) is 0 Å². The van der Waals surface area contributed by atoms with Gasteiger partial charge in [0, 0.05) is 5.38 Å². The second-order valence-corrected chi connectivity index (χ2v) is 5.41. The zero-order valence-electron chi connectivity index (χ0n) is 8.57. The van der Waals surface area contributed by atoms with Gasteiger partial charge < -0.3 is 0 Å². The first-order valence-corrected chi connectivity index (χ1v) is 5.64. The van der Waals surface area contributed by atoms with Crippen LogP contribution in [0.15, 0.2) is 0 Å². The summed E-state index contributed by atoms with van der Waals surface area (Å²) < 4.78 is 0. The number of halogens is 1. The second-order valence-electron chi connectivity index (χ2n) is 4.79. The summed E-state index contributed by atoms with van der Waals surface area (Å²) in [6.45, 7) is 7.09. The Morgan fingerprint density at radius 1 is 1.17 bits per heavy atom. The van der Waals surface area contributed by atoms with Crippen LogP contribution in [0.4, 0.5) is 0 Å². The number of hydrogen-bond donors (Lipinski definition) is 0. The van der Waals surface area contributed by atoms with Crippen molar-refractivity contribution >= 4 is 11.6 Å². The quantitative estimate of drug-likeness (QED) is 0.570. The summed E-state index contributed by atoms with van der Waals surface area (Å²) >= 11 is 6.08. The van der Waals surface area contributed by atoms with Gasteiger partial charge in [-0.25, -0.2) is 0 Å². The lowest BCUT2D eigenvalue weighted by atomic mass is 9.70. The third kappa shape index (κ3) is 2.39. The molecule has 0 spiro atoms. The smallest absolute Gasteiger partial charge is 0.0336 e. The van der Waals surface area contributed by atoms with E-state index >= 15 is 0 Å². The highest BCUT2D eigenvalue weighted by Gasteiger charge is 2.30. The van der Waals surface area contributed by atoms with Crippen LogP contribution in [0, 0.1) is 11.3 Å². The average molecular weight is 189 g/mol. The average Bonchev–Trinajstić information content (AvgIpc) is 2.05. The molecule has 0 nitrogen and oxygen atoms in total. The van der Waals surface area contributed by atoms with Gasteiger partial charge in [0.05, 0.1) is 0 Å². The predicted octanol–water partition coefficient (Wildman–Crippen LogP) is 4.22. The molecule has 0 amide bonds. The molecule has 0 aromatic carbocycles. The van der Waals surface area contributed by atoms with Gasteiger partial charge in [0.2, 0.25) is 0 Å². The van der Waals surface area contributed by atoms with Gasteiger partial charge in [-0.1, -0.05) is 27.2 Å². The van der Waals surface area contributed by atoms with Crippen molar-refractivity contribution in [3.63, 3.8) is 0 Å². The highest BCUT2D eigenvalue weighted by molar-refractivity contribution is 6.20. The van der Waals surface area contributed by atoms with Crippen molar-refractivity contribution in [1.29, 1.82) is 0 Å². The van der Waals surface area contributed by atoms with Crippen molar-refractivity contribution in [3.8, 4) is 0 Å². The van der Waals surface area contributed by atoms with Crippen LogP contribution in [0.2, 0.25) is 0 Å². The Labute approximate surface area is 81.7 Å². The van der Waals surface area contributed by atoms with Crippen LogP contribution < -0.4 is 0 Å². The lowest BCUT2D eigenvalue weighted by Crippen LogP contribution is -2.28. The maximum atomic E-state index is 6.08. The molecule has 0 unspecified atom stereocenters. The summed E-state index contributed by atoms with van der Waals surface area (Å²) in [5.41, 5.74) is 0.539.